The molecule has 0 unspecified atom stereocenters. The molecule has 0 saturated heterocycles. The molecule has 188 valence electrons. The SMILES string of the molecule is COc1nc(-c2cccc(-c3cccc(NC(=O)c4nc5c([nH]4)CN(C)CC5)c3Cl)c2Cl)ncc1C=O. The third kappa shape index (κ3) is 4.81. The Bertz CT molecular complexity index is 1520. The van der Waals surface area contributed by atoms with Gasteiger partial charge >= 0.3 is 0 Å². The van der Waals surface area contributed by atoms with Crippen molar-refractivity contribution in [3.63, 3.8) is 0 Å². The van der Waals surface area contributed by atoms with Gasteiger partial charge in [0.15, 0.2) is 17.9 Å². The molecule has 1 aliphatic heterocycles. The van der Waals surface area contributed by atoms with Gasteiger partial charge in [0.2, 0.25) is 5.88 Å². The summed E-state index contributed by atoms with van der Waals surface area (Å²) in [4.78, 5) is 42.5. The monoisotopic (exact) mass is 536 g/mol. The quantitative estimate of drug-likeness (QED) is 0.337. The van der Waals surface area contributed by atoms with Gasteiger partial charge in [-0.15, -0.1) is 0 Å². The summed E-state index contributed by atoms with van der Waals surface area (Å²) in [5.41, 5.74) is 4.28. The van der Waals surface area contributed by atoms with E-state index in [1.165, 1.54) is 13.3 Å². The Balaban J connectivity index is 1.46. The van der Waals surface area contributed by atoms with Crippen LogP contribution < -0.4 is 10.1 Å². The Hall–Kier alpha value is -3.79. The molecule has 1 aliphatic rings. The van der Waals surface area contributed by atoms with E-state index in [-0.39, 0.29) is 23.2 Å². The normalized spacial score (nSPS) is 13.2. The van der Waals surface area contributed by atoms with Crippen molar-refractivity contribution in [2.75, 3.05) is 26.0 Å². The molecule has 11 heteroatoms. The molecule has 0 atom stereocenters. The second kappa shape index (κ2) is 10.3. The number of aldehydes is 1. The summed E-state index contributed by atoms with van der Waals surface area (Å²) >= 11 is 13.5. The minimum atomic E-state index is -0.383. The van der Waals surface area contributed by atoms with E-state index in [1.54, 1.807) is 30.3 Å². The first-order valence-corrected chi connectivity index (χ1v) is 12.2. The molecule has 0 spiro atoms. The molecule has 1 amide bonds. The third-order valence-electron chi connectivity index (χ3n) is 6.12. The number of fused-ring (bicyclic) bond motifs is 1. The fourth-order valence-electron chi connectivity index (χ4n) is 4.22. The number of H-pyrrole nitrogens is 1. The number of amides is 1. The van der Waals surface area contributed by atoms with Gasteiger partial charge < -0.3 is 19.9 Å². The number of nitrogens with one attached hydrogen (secondary N) is 2. The molecule has 3 heterocycles. The number of benzene rings is 2. The van der Waals surface area contributed by atoms with Crippen LogP contribution in [0.15, 0.2) is 42.6 Å². The van der Waals surface area contributed by atoms with Crippen molar-refractivity contribution >= 4 is 41.1 Å². The molecule has 0 saturated carbocycles. The van der Waals surface area contributed by atoms with E-state index in [0.29, 0.717) is 51.1 Å². The van der Waals surface area contributed by atoms with Crippen molar-refractivity contribution in [2.24, 2.45) is 0 Å². The van der Waals surface area contributed by atoms with Gasteiger partial charge in [0.25, 0.3) is 5.91 Å². The smallest absolute Gasteiger partial charge is 0.291 e. The summed E-state index contributed by atoms with van der Waals surface area (Å²) in [5.74, 6) is 0.302. The van der Waals surface area contributed by atoms with E-state index in [2.05, 4.69) is 30.2 Å². The maximum atomic E-state index is 13.0. The van der Waals surface area contributed by atoms with Crippen LogP contribution in [0.2, 0.25) is 10.0 Å². The average Bonchev–Trinajstić information content (AvgIpc) is 3.33. The fraction of sp³-hybridized carbons (Fsp3) is 0.192. The summed E-state index contributed by atoms with van der Waals surface area (Å²) in [6.45, 7) is 1.61. The van der Waals surface area contributed by atoms with Gasteiger partial charge in [0, 0.05) is 42.4 Å². The number of rotatable bonds is 6. The minimum Gasteiger partial charge on any atom is -0.480 e. The van der Waals surface area contributed by atoms with Crippen LogP contribution >= 0.6 is 23.2 Å². The van der Waals surface area contributed by atoms with Gasteiger partial charge in [0.1, 0.15) is 0 Å². The predicted octanol–water partition coefficient (Wildman–Crippen LogP) is 4.90. The topological polar surface area (TPSA) is 113 Å². The number of halogens is 2. The molecule has 2 N–H and O–H groups in total. The van der Waals surface area contributed by atoms with Crippen LogP contribution in [0.1, 0.15) is 32.4 Å². The van der Waals surface area contributed by atoms with E-state index < -0.39 is 0 Å². The van der Waals surface area contributed by atoms with Gasteiger partial charge in [-0.3, -0.25) is 9.59 Å². The van der Waals surface area contributed by atoms with Crippen LogP contribution in [-0.2, 0) is 13.0 Å². The third-order valence-corrected chi connectivity index (χ3v) is 6.93. The van der Waals surface area contributed by atoms with Crippen molar-refractivity contribution in [1.82, 2.24) is 24.8 Å². The Morgan fingerprint density at radius 2 is 1.84 bits per heavy atom. The molecule has 2 aromatic carbocycles. The number of carbonyl (C=O) groups excluding carboxylic acids is 2. The predicted molar refractivity (Wildman–Crippen MR) is 141 cm³/mol. The van der Waals surface area contributed by atoms with Crippen molar-refractivity contribution in [2.45, 2.75) is 13.0 Å². The number of hydrogen-bond donors (Lipinski definition) is 2. The van der Waals surface area contributed by atoms with Gasteiger partial charge in [-0.2, -0.15) is 4.98 Å². The molecule has 0 fully saturated rings. The lowest BCUT2D eigenvalue weighted by molar-refractivity contribution is 0.101. The van der Waals surface area contributed by atoms with Gasteiger partial charge in [-0.05, 0) is 19.2 Å². The average molecular weight is 537 g/mol. The zero-order valence-electron chi connectivity index (χ0n) is 20.0. The lowest BCUT2D eigenvalue weighted by Gasteiger charge is -2.20. The fourth-order valence-corrected chi connectivity index (χ4v) is 4.80. The van der Waals surface area contributed by atoms with Crippen LogP contribution in [0.5, 0.6) is 5.88 Å². The number of ether oxygens (including phenoxy) is 1. The lowest BCUT2D eigenvalue weighted by Crippen LogP contribution is -2.26. The molecule has 0 bridgehead atoms. The molecule has 5 rings (SSSR count). The Morgan fingerprint density at radius 1 is 1.11 bits per heavy atom. The molecular weight excluding hydrogens is 515 g/mol. The Morgan fingerprint density at radius 3 is 2.59 bits per heavy atom. The number of carbonyl (C=O) groups is 2. The summed E-state index contributed by atoms with van der Waals surface area (Å²) in [6, 6.07) is 10.7. The zero-order valence-corrected chi connectivity index (χ0v) is 21.5. The first kappa shape index (κ1) is 24.9. The van der Waals surface area contributed by atoms with E-state index in [0.717, 1.165) is 24.4 Å². The van der Waals surface area contributed by atoms with Crippen molar-refractivity contribution in [3.05, 3.63) is 75.4 Å². The number of aromatic nitrogens is 4. The second-order valence-electron chi connectivity index (χ2n) is 8.56. The Labute approximate surface area is 222 Å². The summed E-state index contributed by atoms with van der Waals surface area (Å²) < 4.78 is 5.20. The number of hydrogen-bond acceptors (Lipinski definition) is 7. The van der Waals surface area contributed by atoms with Crippen LogP contribution in [0.4, 0.5) is 5.69 Å². The molecule has 2 aromatic heterocycles. The van der Waals surface area contributed by atoms with Crippen LogP contribution in [-0.4, -0.2) is 57.7 Å². The zero-order chi connectivity index (χ0) is 26.1. The second-order valence-corrected chi connectivity index (χ2v) is 9.32. The minimum absolute atomic E-state index is 0.149. The van der Waals surface area contributed by atoms with Gasteiger partial charge in [0.05, 0.1) is 39.8 Å². The molecule has 4 aromatic rings. The number of anilines is 1. The molecule has 37 heavy (non-hydrogen) atoms. The number of likely N-dealkylation sites (N-methyl/N-ethyl adjacent to an activating group) is 1. The standard InChI is InChI=1S/C26H22Cl2N6O3/c1-34-10-9-18-20(12-34)31-24(30-18)25(36)32-19-8-4-6-16(22(19)28)15-5-3-7-17(21(15)27)23-29-11-14(13-35)26(33-23)37-2/h3-8,11,13H,9-10,12H2,1-2H3,(H,30,31)(H,32,36). The number of imidazole rings is 1. The highest BCUT2D eigenvalue weighted by atomic mass is 35.5. The highest BCUT2D eigenvalue weighted by molar-refractivity contribution is 6.39. The summed E-state index contributed by atoms with van der Waals surface area (Å²) in [7, 11) is 3.45. The first-order valence-electron chi connectivity index (χ1n) is 11.4. The van der Waals surface area contributed by atoms with Crippen molar-refractivity contribution < 1.29 is 14.3 Å². The number of aromatic amines is 1. The van der Waals surface area contributed by atoms with Crippen LogP contribution in [0.3, 0.4) is 0 Å². The van der Waals surface area contributed by atoms with Crippen molar-refractivity contribution in [3.8, 4) is 28.4 Å². The largest absolute Gasteiger partial charge is 0.480 e. The van der Waals surface area contributed by atoms with Crippen LogP contribution in [0.25, 0.3) is 22.5 Å². The summed E-state index contributed by atoms with van der Waals surface area (Å²) in [5, 5.41) is 3.53. The number of methoxy groups -OCH3 is 1. The maximum absolute atomic E-state index is 13.0. The Kier molecular flexibility index (Phi) is 6.92. The van der Waals surface area contributed by atoms with E-state index in [1.807, 2.05) is 13.1 Å². The molecule has 9 nitrogen and oxygen atoms in total. The number of nitrogens with zero attached hydrogens (tertiary/aromatic N) is 4. The highest BCUT2D eigenvalue weighted by Crippen LogP contribution is 2.41. The van der Waals surface area contributed by atoms with Crippen LogP contribution in [0, 0.1) is 0 Å². The highest BCUT2D eigenvalue weighted by Gasteiger charge is 2.22. The summed E-state index contributed by atoms with van der Waals surface area (Å²) in [6.07, 6.45) is 2.79. The van der Waals surface area contributed by atoms with Crippen molar-refractivity contribution in [1.29, 1.82) is 0 Å². The van der Waals surface area contributed by atoms with E-state index >= 15 is 0 Å². The van der Waals surface area contributed by atoms with E-state index in [9.17, 15) is 9.59 Å². The maximum Gasteiger partial charge on any atom is 0.291 e. The lowest BCUT2D eigenvalue weighted by atomic mass is 10.0. The molecule has 0 aliphatic carbocycles. The van der Waals surface area contributed by atoms with Gasteiger partial charge in [-0.1, -0.05) is 47.5 Å². The van der Waals surface area contributed by atoms with E-state index in [4.69, 9.17) is 27.9 Å². The van der Waals surface area contributed by atoms with Gasteiger partial charge in [-0.25, -0.2) is 9.97 Å². The molecule has 0 radical (unpaired) electrons. The first-order chi connectivity index (χ1) is 17.9. The molecular formula is C26H22Cl2N6O3.